The van der Waals surface area contributed by atoms with Crippen LogP contribution in [-0.2, 0) is 6.54 Å². The van der Waals surface area contributed by atoms with E-state index in [1.807, 2.05) is 0 Å². The Hall–Kier alpha value is -1.29. The third-order valence-electron chi connectivity index (χ3n) is 2.39. The number of alkyl halides is 1. The molecule has 3 nitrogen and oxygen atoms in total. The smallest absolute Gasteiger partial charge is 0.255 e. The highest BCUT2D eigenvalue weighted by atomic mass is 35.5. The highest BCUT2D eigenvalue weighted by Crippen LogP contribution is 2.27. The third kappa shape index (κ3) is 1.97. The number of hydrogen-bond acceptors (Lipinski definition) is 2. The van der Waals surface area contributed by atoms with Crippen LogP contribution in [0.2, 0.25) is 0 Å². The Morgan fingerprint density at radius 2 is 2.31 bits per heavy atom. The van der Waals surface area contributed by atoms with Crippen LogP contribution in [0.25, 0.3) is 0 Å². The van der Waals surface area contributed by atoms with Crippen LogP contribution in [0.15, 0.2) is 12.1 Å². The number of carbonyl (C=O) groups excluding carboxylic acids is 1. The molecule has 0 radical (unpaired) electrons. The van der Waals surface area contributed by atoms with E-state index in [9.17, 15) is 9.18 Å². The minimum atomic E-state index is -0.581. The molecule has 0 aromatic heterocycles. The molecule has 0 atom stereocenters. The number of carbonyl (C=O) groups is 1. The fraction of sp³-hybridized carbons (Fsp3) is 0.364. The van der Waals surface area contributed by atoms with Crippen molar-refractivity contribution in [1.29, 1.82) is 0 Å². The molecule has 1 heterocycles. The summed E-state index contributed by atoms with van der Waals surface area (Å²) in [6, 6.07) is 3.25. The second-order valence-corrected chi connectivity index (χ2v) is 3.86. The van der Waals surface area contributed by atoms with Crippen LogP contribution < -0.4 is 10.1 Å². The molecule has 0 bridgehead atoms. The SMILES string of the molecule is O=C1NCc2ccc(OCCCCl)c(F)c21. The minimum Gasteiger partial charge on any atom is -0.490 e. The molecule has 1 amide bonds. The molecule has 0 spiro atoms. The van der Waals surface area contributed by atoms with Gasteiger partial charge in [-0.3, -0.25) is 4.79 Å². The van der Waals surface area contributed by atoms with Gasteiger partial charge in [0.2, 0.25) is 0 Å². The van der Waals surface area contributed by atoms with Gasteiger partial charge in [0.25, 0.3) is 5.91 Å². The first-order valence-corrected chi connectivity index (χ1v) is 5.56. The molecule has 5 heteroatoms. The maximum Gasteiger partial charge on any atom is 0.255 e. The number of amides is 1. The van der Waals surface area contributed by atoms with Crippen molar-refractivity contribution in [2.45, 2.75) is 13.0 Å². The fourth-order valence-electron chi connectivity index (χ4n) is 1.60. The van der Waals surface area contributed by atoms with Crippen LogP contribution >= 0.6 is 11.6 Å². The van der Waals surface area contributed by atoms with Gasteiger partial charge in [0.05, 0.1) is 12.2 Å². The molecule has 16 heavy (non-hydrogen) atoms. The number of benzene rings is 1. The van der Waals surface area contributed by atoms with Crippen LogP contribution in [0.1, 0.15) is 22.3 Å². The molecule has 0 aliphatic carbocycles. The van der Waals surface area contributed by atoms with E-state index in [0.717, 1.165) is 0 Å². The van der Waals surface area contributed by atoms with Crippen molar-refractivity contribution in [3.05, 3.63) is 29.1 Å². The summed E-state index contributed by atoms with van der Waals surface area (Å²) in [5.41, 5.74) is 0.774. The van der Waals surface area contributed by atoms with E-state index >= 15 is 0 Å². The van der Waals surface area contributed by atoms with Gasteiger partial charge in [0.15, 0.2) is 11.6 Å². The van der Waals surface area contributed by atoms with Gasteiger partial charge >= 0.3 is 0 Å². The highest BCUT2D eigenvalue weighted by molar-refractivity contribution is 6.17. The van der Waals surface area contributed by atoms with Crippen molar-refractivity contribution in [3.63, 3.8) is 0 Å². The summed E-state index contributed by atoms with van der Waals surface area (Å²) in [7, 11) is 0. The van der Waals surface area contributed by atoms with Gasteiger partial charge in [0.1, 0.15) is 0 Å². The number of fused-ring (bicyclic) bond motifs is 1. The molecule has 1 N–H and O–H groups in total. The number of hydrogen-bond donors (Lipinski definition) is 1. The quantitative estimate of drug-likeness (QED) is 0.650. The average molecular weight is 244 g/mol. The Morgan fingerprint density at radius 3 is 3.06 bits per heavy atom. The van der Waals surface area contributed by atoms with Crippen LogP contribution in [0.3, 0.4) is 0 Å². The number of halogens is 2. The van der Waals surface area contributed by atoms with Crippen molar-refractivity contribution < 1.29 is 13.9 Å². The van der Waals surface area contributed by atoms with E-state index in [4.69, 9.17) is 16.3 Å². The van der Waals surface area contributed by atoms with Gasteiger partial charge in [-0.2, -0.15) is 0 Å². The molecule has 0 unspecified atom stereocenters. The van der Waals surface area contributed by atoms with Crippen molar-refractivity contribution in [1.82, 2.24) is 5.32 Å². The fourth-order valence-corrected chi connectivity index (χ4v) is 1.71. The van der Waals surface area contributed by atoms with E-state index in [1.54, 1.807) is 12.1 Å². The zero-order valence-electron chi connectivity index (χ0n) is 8.56. The summed E-state index contributed by atoms with van der Waals surface area (Å²) in [4.78, 5) is 11.3. The maximum atomic E-state index is 13.8. The van der Waals surface area contributed by atoms with Gasteiger partial charge in [-0.05, 0) is 18.1 Å². The largest absolute Gasteiger partial charge is 0.490 e. The van der Waals surface area contributed by atoms with Crippen molar-refractivity contribution in [3.8, 4) is 5.75 Å². The molecular weight excluding hydrogens is 233 g/mol. The summed E-state index contributed by atoms with van der Waals surface area (Å²) in [5.74, 6) is -0.383. The van der Waals surface area contributed by atoms with Crippen LogP contribution in [0.4, 0.5) is 4.39 Å². The van der Waals surface area contributed by atoms with Gasteiger partial charge in [-0.1, -0.05) is 6.07 Å². The molecule has 1 aliphatic rings. The lowest BCUT2D eigenvalue weighted by Crippen LogP contribution is -2.13. The maximum absolute atomic E-state index is 13.8. The average Bonchev–Trinajstić information content (AvgIpc) is 2.65. The first-order valence-electron chi connectivity index (χ1n) is 5.02. The molecule has 0 fully saturated rings. The lowest BCUT2D eigenvalue weighted by molar-refractivity contribution is 0.0961. The molecule has 2 rings (SSSR count). The van der Waals surface area contributed by atoms with Crippen molar-refractivity contribution >= 4 is 17.5 Å². The predicted octanol–water partition coefficient (Wildman–Crippen LogP) is 2.08. The third-order valence-corrected chi connectivity index (χ3v) is 2.66. The Labute approximate surface area is 97.5 Å². The predicted molar refractivity (Wildman–Crippen MR) is 58.4 cm³/mol. The molecule has 0 saturated heterocycles. The van der Waals surface area contributed by atoms with Crippen LogP contribution in [-0.4, -0.2) is 18.4 Å². The second kappa shape index (κ2) is 4.70. The molecule has 0 saturated carbocycles. The zero-order chi connectivity index (χ0) is 11.5. The van der Waals surface area contributed by atoms with Gasteiger partial charge < -0.3 is 10.1 Å². The molecule has 1 aromatic rings. The standard InChI is InChI=1S/C11H11ClFNO2/c12-4-1-5-16-8-3-2-7-6-14-11(15)9(7)10(8)13/h2-3H,1,4-6H2,(H,14,15). The minimum absolute atomic E-state index is 0.100. The van der Waals surface area contributed by atoms with Crippen molar-refractivity contribution in [2.75, 3.05) is 12.5 Å². The molecular formula is C11H11ClFNO2. The van der Waals surface area contributed by atoms with E-state index in [-0.39, 0.29) is 17.2 Å². The summed E-state index contributed by atoms with van der Waals surface area (Å²) in [6.45, 7) is 0.730. The van der Waals surface area contributed by atoms with Crippen LogP contribution in [0, 0.1) is 5.82 Å². The molecule has 1 aromatic carbocycles. The highest BCUT2D eigenvalue weighted by Gasteiger charge is 2.25. The Morgan fingerprint density at radius 1 is 1.50 bits per heavy atom. The monoisotopic (exact) mass is 243 g/mol. The second-order valence-electron chi connectivity index (χ2n) is 3.49. The Balaban J connectivity index is 2.22. The first kappa shape index (κ1) is 11.2. The van der Waals surface area contributed by atoms with E-state index in [2.05, 4.69) is 5.32 Å². The zero-order valence-corrected chi connectivity index (χ0v) is 9.31. The topological polar surface area (TPSA) is 38.3 Å². The van der Waals surface area contributed by atoms with Crippen molar-refractivity contribution in [2.24, 2.45) is 0 Å². The summed E-state index contributed by atoms with van der Waals surface area (Å²) >= 11 is 5.49. The van der Waals surface area contributed by atoms with Gasteiger partial charge in [-0.15, -0.1) is 11.6 Å². The Kier molecular flexibility index (Phi) is 3.29. The van der Waals surface area contributed by atoms with E-state index < -0.39 is 5.82 Å². The van der Waals surface area contributed by atoms with Crippen LogP contribution in [0.5, 0.6) is 5.75 Å². The summed E-state index contributed by atoms with van der Waals surface area (Å²) in [5, 5.41) is 2.56. The lowest BCUT2D eigenvalue weighted by Gasteiger charge is -2.08. The Bertz CT molecular complexity index is 423. The number of ether oxygens (including phenoxy) is 1. The summed E-state index contributed by atoms with van der Waals surface area (Å²) < 4.78 is 19.0. The molecule has 1 aliphatic heterocycles. The van der Waals surface area contributed by atoms with Gasteiger partial charge in [-0.25, -0.2) is 4.39 Å². The number of nitrogens with one attached hydrogen (secondary N) is 1. The van der Waals surface area contributed by atoms with E-state index in [0.29, 0.717) is 31.0 Å². The van der Waals surface area contributed by atoms with Gasteiger partial charge in [0, 0.05) is 12.4 Å². The molecule has 86 valence electrons. The van der Waals surface area contributed by atoms with E-state index in [1.165, 1.54) is 0 Å². The summed E-state index contributed by atoms with van der Waals surface area (Å²) in [6.07, 6.45) is 0.643. The first-order chi connectivity index (χ1) is 7.74. The number of rotatable bonds is 4. The lowest BCUT2D eigenvalue weighted by atomic mass is 10.1. The normalized spacial score (nSPS) is 13.5.